The second-order valence-electron chi connectivity index (χ2n) is 8.62. The van der Waals surface area contributed by atoms with Gasteiger partial charge in [0.2, 0.25) is 5.91 Å². The lowest BCUT2D eigenvalue weighted by Crippen LogP contribution is -2.36. The number of carbonyl (C=O) groups is 3. The number of rotatable bonds is 8. The molecule has 2 amide bonds. The first kappa shape index (κ1) is 25.4. The average molecular weight is 500 g/mol. The van der Waals surface area contributed by atoms with Crippen molar-refractivity contribution in [2.75, 3.05) is 49.8 Å². The number of aromatic nitrogens is 1. The fourth-order valence-corrected chi connectivity index (χ4v) is 3.93. The molecule has 9 heteroatoms. The van der Waals surface area contributed by atoms with Crippen LogP contribution in [0.5, 0.6) is 0 Å². The number of esters is 1. The smallest absolute Gasteiger partial charge is 0.339 e. The van der Waals surface area contributed by atoms with Crippen molar-refractivity contribution in [1.29, 1.82) is 0 Å². The van der Waals surface area contributed by atoms with Gasteiger partial charge in [0.15, 0.2) is 0 Å². The van der Waals surface area contributed by atoms with Crippen molar-refractivity contribution in [2.45, 2.75) is 6.92 Å². The van der Waals surface area contributed by atoms with Crippen LogP contribution >= 0.6 is 0 Å². The number of amides is 2. The standard InChI is InChI=1S/C28H29N5O4/c1-5-32(2)23(34)17-33(3)21-13-11-20(12-14-21)30-25(18-9-7-6-8-10-18)24-26-22(31-27(24)35)15-19(16-29-26)28(36)37-4/h6-16,30H,5,17H2,1-4H3,(H,31,35)/b25-24+. The third-order valence-electron chi connectivity index (χ3n) is 6.18. The molecule has 1 aliphatic heterocycles. The number of nitrogens with zero attached hydrogens (tertiary/aromatic N) is 3. The molecule has 3 aromatic rings. The average Bonchev–Trinajstić information content (AvgIpc) is 3.25. The van der Waals surface area contributed by atoms with Crippen LogP contribution in [0.3, 0.4) is 0 Å². The van der Waals surface area contributed by atoms with E-state index in [0.717, 1.165) is 16.9 Å². The van der Waals surface area contributed by atoms with E-state index >= 15 is 0 Å². The van der Waals surface area contributed by atoms with Gasteiger partial charge >= 0.3 is 5.97 Å². The van der Waals surface area contributed by atoms with Crippen molar-refractivity contribution < 1.29 is 19.1 Å². The van der Waals surface area contributed by atoms with E-state index in [-0.39, 0.29) is 23.9 Å². The molecule has 0 saturated carbocycles. The lowest BCUT2D eigenvalue weighted by molar-refractivity contribution is -0.128. The molecule has 2 aromatic carbocycles. The zero-order valence-electron chi connectivity index (χ0n) is 21.2. The summed E-state index contributed by atoms with van der Waals surface area (Å²) in [5.74, 6) is -0.820. The third kappa shape index (κ3) is 5.45. The fraction of sp³-hybridized carbons (Fsp3) is 0.214. The quantitative estimate of drug-likeness (QED) is 0.360. The van der Waals surface area contributed by atoms with Gasteiger partial charge in [-0.2, -0.15) is 0 Å². The molecule has 1 aliphatic rings. The Morgan fingerprint density at radius 2 is 1.73 bits per heavy atom. The SMILES string of the molecule is CCN(C)C(=O)CN(C)c1ccc(N/C(=C2/C(=O)Nc3cc(C(=O)OC)cnc32)c2ccccc2)cc1. The molecule has 0 unspecified atom stereocenters. The molecule has 37 heavy (non-hydrogen) atoms. The van der Waals surface area contributed by atoms with E-state index in [2.05, 4.69) is 15.6 Å². The zero-order valence-corrected chi connectivity index (χ0v) is 21.2. The molecule has 0 fully saturated rings. The van der Waals surface area contributed by atoms with E-state index < -0.39 is 5.97 Å². The first-order chi connectivity index (χ1) is 17.8. The van der Waals surface area contributed by atoms with Crippen LogP contribution in [0.25, 0.3) is 11.3 Å². The van der Waals surface area contributed by atoms with Crippen molar-refractivity contribution in [3.05, 3.63) is 83.7 Å². The zero-order chi connectivity index (χ0) is 26.5. The monoisotopic (exact) mass is 499 g/mol. The Bertz CT molecular complexity index is 1350. The van der Waals surface area contributed by atoms with E-state index in [4.69, 9.17) is 4.74 Å². The molecule has 0 spiro atoms. The summed E-state index contributed by atoms with van der Waals surface area (Å²) in [5.41, 5.74) is 4.53. The Kier molecular flexibility index (Phi) is 7.52. The van der Waals surface area contributed by atoms with E-state index in [1.54, 1.807) is 18.0 Å². The molecule has 2 N–H and O–H groups in total. The number of hydrogen-bond acceptors (Lipinski definition) is 7. The Hall–Kier alpha value is -4.66. The van der Waals surface area contributed by atoms with Crippen molar-refractivity contribution in [1.82, 2.24) is 9.88 Å². The summed E-state index contributed by atoms with van der Waals surface area (Å²) in [5, 5.41) is 6.19. The van der Waals surface area contributed by atoms with Crippen LogP contribution < -0.4 is 15.5 Å². The number of likely N-dealkylation sites (N-methyl/N-ethyl adjacent to an activating group) is 2. The molecule has 0 atom stereocenters. The van der Waals surface area contributed by atoms with E-state index in [1.807, 2.05) is 73.5 Å². The van der Waals surface area contributed by atoms with Gasteiger partial charge in [0.1, 0.15) is 5.69 Å². The molecule has 1 aromatic heterocycles. The van der Waals surface area contributed by atoms with Gasteiger partial charge < -0.3 is 25.2 Å². The van der Waals surface area contributed by atoms with Gasteiger partial charge in [-0.3, -0.25) is 14.6 Å². The third-order valence-corrected chi connectivity index (χ3v) is 6.18. The minimum atomic E-state index is -0.531. The number of carbonyl (C=O) groups excluding carboxylic acids is 3. The Balaban J connectivity index is 1.67. The number of hydrogen-bond donors (Lipinski definition) is 2. The highest BCUT2D eigenvalue weighted by Crippen LogP contribution is 2.36. The normalized spacial score (nSPS) is 13.4. The topological polar surface area (TPSA) is 104 Å². The molecule has 2 heterocycles. The van der Waals surface area contributed by atoms with Crippen LogP contribution in [-0.2, 0) is 14.3 Å². The predicted molar refractivity (Wildman–Crippen MR) is 144 cm³/mol. The van der Waals surface area contributed by atoms with Gasteiger partial charge in [0.05, 0.1) is 36.2 Å². The van der Waals surface area contributed by atoms with Crippen molar-refractivity contribution in [2.24, 2.45) is 0 Å². The summed E-state index contributed by atoms with van der Waals surface area (Å²) in [6.07, 6.45) is 1.40. The van der Waals surface area contributed by atoms with Crippen LogP contribution in [0.15, 0.2) is 66.9 Å². The minimum Gasteiger partial charge on any atom is -0.465 e. The summed E-state index contributed by atoms with van der Waals surface area (Å²) in [6.45, 7) is 2.86. The highest BCUT2D eigenvalue weighted by molar-refractivity contribution is 6.37. The molecular weight excluding hydrogens is 470 g/mol. The maximum atomic E-state index is 13.1. The summed E-state index contributed by atoms with van der Waals surface area (Å²) in [7, 11) is 4.95. The van der Waals surface area contributed by atoms with Gasteiger partial charge in [-0.05, 0) is 42.8 Å². The first-order valence-corrected chi connectivity index (χ1v) is 11.8. The number of fused-ring (bicyclic) bond motifs is 1. The number of pyridine rings is 1. The van der Waals surface area contributed by atoms with Crippen molar-refractivity contribution in [3.8, 4) is 0 Å². The van der Waals surface area contributed by atoms with Crippen molar-refractivity contribution in [3.63, 3.8) is 0 Å². The molecule has 0 bridgehead atoms. The number of ether oxygens (including phenoxy) is 1. The predicted octanol–water partition coefficient (Wildman–Crippen LogP) is 3.72. The van der Waals surface area contributed by atoms with Crippen LogP contribution in [0.1, 0.15) is 28.5 Å². The van der Waals surface area contributed by atoms with Gasteiger partial charge in [-0.15, -0.1) is 0 Å². The summed E-state index contributed by atoms with van der Waals surface area (Å²) in [4.78, 5) is 45.3. The lowest BCUT2D eigenvalue weighted by atomic mass is 10.0. The van der Waals surface area contributed by atoms with E-state index in [0.29, 0.717) is 29.2 Å². The van der Waals surface area contributed by atoms with Gasteiger partial charge in [-0.1, -0.05) is 30.3 Å². The Morgan fingerprint density at radius 3 is 2.38 bits per heavy atom. The molecule has 190 valence electrons. The highest BCUT2D eigenvalue weighted by atomic mass is 16.5. The van der Waals surface area contributed by atoms with Crippen molar-refractivity contribution >= 4 is 46.1 Å². The first-order valence-electron chi connectivity index (χ1n) is 11.8. The fourth-order valence-electron chi connectivity index (χ4n) is 3.93. The molecular formula is C28H29N5O4. The minimum absolute atomic E-state index is 0.0390. The maximum Gasteiger partial charge on any atom is 0.339 e. The largest absolute Gasteiger partial charge is 0.465 e. The van der Waals surface area contributed by atoms with Crippen LogP contribution in [-0.4, -0.2) is 62.0 Å². The summed E-state index contributed by atoms with van der Waals surface area (Å²) < 4.78 is 4.77. The highest BCUT2D eigenvalue weighted by Gasteiger charge is 2.31. The molecule has 9 nitrogen and oxygen atoms in total. The Labute approximate surface area is 215 Å². The Morgan fingerprint density at radius 1 is 1.03 bits per heavy atom. The molecule has 0 aliphatic carbocycles. The molecule has 0 radical (unpaired) electrons. The van der Waals surface area contributed by atoms with Gasteiger partial charge in [0.25, 0.3) is 5.91 Å². The number of anilines is 3. The van der Waals surface area contributed by atoms with Gasteiger partial charge in [-0.25, -0.2) is 4.79 Å². The van der Waals surface area contributed by atoms with E-state index in [1.165, 1.54) is 13.3 Å². The lowest BCUT2D eigenvalue weighted by Gasteiger charge is -2.23. The number of benzene rings is 2. The number of nitrogens with one attached hydrogen (secondary N) is 2. The maximum absolute atomic E-state index is 13.1. The van der Waals surface area contributed by atoms with Crippen LogP contribution in [0.4, 0.5) is 17.1 Å². The number of methoxy groups -OCH3 is 1. The van der Waals surface area contributed by atoms with Crippen LogP contribution in [0, 0.1) is 0 Å². The second kappa shape index (κ2) is 10.9. The molecule has 0 saturated heterocycles. The van der Waals surface area contributed by atoms with Gasteiger partial charge in [0, 0.05) is 38.2 Å². The summed E-state index contributed by atoms with van der Waals surface area (Å²) in [6, 6.07) is 18.7. The second-order valence-corrected chi connectivity index (χ2v) is 8.62. The summed E-state index contributed by atoms with van der Waals surface area (Å²) >= 11 is 0. The van der Waals surface area contributed by atoms with Crippen LogP contribution in [0.2, 0.25) is 0 Å². The van der Waals surface area contributed by atoms with E-state index in [9.17, 15) is 14.4 Å². The molecule has 4 rings (SSSR count).